The Morgan fingerprint density at radius 3 is 2.58 bits per heavy atom. The number of hydrogen-bond acceptors (Lipinski definition) is 4. The van der Waals surface area contributed by atoms with E-state index < -0.39 is 23.7 Å². The fourth-order valence-corrected chi connectivity index (χ4v) is 1.89. The molecule has 1 aromatic carbocycles. The van der Waals surface area contributed by atoms with E-state index in [0.29, 0.717) is 0 Å². The zero-order valence-electron chi connectivity index (χ0n) is 12.6. The molecule has 2 aromatic rings. The molecule has 0 aliphatic heterocycles. The largest absolute Gasteiger partial charge is 0.464 e. The lowest BCUT2D eigenvalue weighted by Crippen LogP contribution is -2.21. The predicted octanol–water partition coefficient (Wildman–Crippen LogP) is 2.87. The van der Waals surface area contributed by atoms with E-state index in [2.05, 4.69) is 20.5 Å². The zero-order chi connectivity index (χ0) is 17.9. The highest BCUT2D eigenvalue weighted by molar-refractivity contribution is 6.04. The number of aromatic nitrogens is 2. The van der Waals surface area contributed by atoms with Gasteiger partial charge in [-0.25, -0.2) is 9.59 Å². The molecule has 0 fully saturated rings. The lowest BCUT2D eigenvalue weighted by molar-refractivity contribution is -0.137. The van der Waals surface area contributed by atoms with Crippen molar-refractivity contribution in [3.05, 3.63) is 41.7 Å². The molecule has 2 amide bonds. The Labute approximate surface area is 134 Å². The molecule has 0 aliphatic carbocycles. The Morgan fingerprint density at radius 2 is 1.96 bits per heavy atom. The average molecular weight is 342 g/mol. The highest BCUT2D eigenvalue weighted by Crippen LogP contribution is 2.30. The van der Waals surface area contributed by atoms with Gasteiger partial charge in [-0.15, -0.1) is 0 Å². The molecule has 10 heteroatoms. The number of halogens is 3. The van der Waals surface area contributed by atoms with Crippen LogP contribution >= 0.6 is 0 Å². The second-order valence-electron chi connectivity index (χ2n) is 4.71. The van der Waals surface area contributed by atoms with Crippen molar-refractivity contribution in [2.75, 3.05) is 17.7 Å². The summed E-state index contributed by atoms with van der Waals surface area (Å²) in [5, 5.41) is 8.43. The van der Waals surface area contributed by atoms with Gasteiger partial charge in [-0.3, -0.25) is 4.68 Å². The van der Waals surface area contributed by atoms with Crippen LogP contribution in [-0.2, 0) is 18.0 Å². The number of anilines is 2. The van der Waals surface area contributed by atoms with Gasteiger partial charge in [0.25, 0.3) is 0 Å². The highest BCUT2D eigenvalue weighted by Gasteiger charge is 2.30. The maximum atomic E-state index is 12.6. The molecule has 0 unspecified atom stereocenters. The Bertz CT molecular complexity index is 771. The van der Waals surface area contributed by atoms with Gasteiger partial charge in [0.15, 0.2) is 5.69 Å². The maximum Gasteiger partial charge on any atom is 0.416 e. The smallest absolute Gasteiger partial charge is 0.416 e. The van der Waals surface area contributed by atoms with Gasteiger partial charge in [-0.2, -0.15) is 18.3 Å². The Kier molecular flexibility index (Phi) is 4.77. The quantitative estimate of drug-likeness (QED) is 0.840. The topological polar surface area (TPSA) is 85.2 Å². The fraction of sp³-hybridized carbons (Fsp3) is 0.214. The number of nitrogens with one attached hydrogen (secondary N) is 2. The van der Waals surface area contributed by atoms with Gasteiger partial charge in [0, 0.05) is 18.9 Å². The number of alkyl halides is 3. The average Bonchev–Trinajstić information content (AvgIpc) is 2.86. The number of amides is 2. The molecule has 7 nitrogen and oxygen atoms in total. The first kappa shape index (κ1) is 17.3. The number of hydrogen-bond donors (Lipinski definition) is 2. The number of aryl methyl sites for hydroxylation is 1. The van der Waals surface area contributed by atoms with Gasteiger partial charge < -0.3 is 15.4 Å². The molecule has 0 saturated carbocycles. The van der Waals surface area contributed by atoms with Crippen LogP contribution in [-0.4, -0.2) is 28.9 Å². The van der Waals surface area contributed by atoms with Crippen molar-refractivity contribution in [3.63, 3.8) is 0 Å². The molecular weight excluding hydrogens is 329 g/mol. The first-order valence-electron chi connectivity index (χ1n) is 6.58. The van der Waals surface area contributed by atoms with Crippen LogP contribution in [0.2, 0.25) is 0 Å². The monoisotopic (exact) mass is 342 g/mol. The summed E-state index contributed by atoms with van der Waals surface area (Å²) < 4.78 is 43.8. The number of benzene rings is 1. The third kappa shape index (κ3) is 4.03. The number of methoxy groups -OCH3 is 1. The van der Waals surface area contributed by atoms with Crippen molar-refractivity contribution in [2.24, 2.45) is 7.05 Å². The van der Waals surface area contributed by atoms with Crippen molar-refractivity contribution in [1.82, 2.24) is 9.78 Å². The van der Waals surface area contributed by atoms with Crippen LogP contribution in [0.4, 0.5) is 29.3 Å². The summed E-state index contributed by atoms with van der Waals surface area (Å²) in [6.45, 7) is 0. The summed E-state index contributed by atoms with van der Waals surface area (Å²) in [7, 11) is 2.69. The number of ether oxygens (including phenoxy) is 1. The van der Waals surface area contributed by atoms with Crippen molar-refractivity contribution in [3.8, 4) is 0 Å². The molecule has 0 aliphatic rings. The molecule has 1 heterocycles. The van der Waals surface area contributed by atoms with E-state index >= 15 is 0 Å². The van der Waals surface area contributed by atoms with Crippen molar-refractivity contribution < 1.29 is 27.5 Å². The van der Waals surface area contributed by atoms with Crippen molar-refractivity contribution >= 4 is 23.4 Å². The molecule has 2 rings (SSSR count). The van der Waals surface area contributed by atoms with E-state index in [4.69, 9.17) is 0 Å². The van der Waals surface area contributed by atoms with Gasteiger partial charge in [-0.1, -0.05) is 6.07 Å². The maximum absolute atomic E-state index is 12.6. The normalized spacial score (nSPS) is 11.0. The number of urea groups is 1. The van der Waals surface area contributed by atoms with E-state index in [1.54, 1.807) is 0 Å². The Hall–Kier alpha value is -3.04. The lowest BCUT2D eigenvalue weighted by atomic mass is 10.2. The van der Waals surface area contributed by atoms with E-state index in [0.717, 1.165) is 19.2 Å². The van der Waals surface area contributed by atoms with Crippen LogP contribution in [0.1, 0.15) is 16.1 Å². The lowest BCUT2D eigenvalue weighted by Gasteiger charge is -2.10. The standard InChI is InChI=1S/C14H13F3N4O3/c1-21-7-10(11(20-21)12(22)24-2)19-13(23)18-9-5-3-4-8(6-9)14(15,16)17/h3-7H,1-2H3,(H2,18,19,23). The Balaban J connectivity index is 2.13. The van der Waals surface area contributed by atoms with Crippen molar-refractivity contribution in [2.45, 2.75) is 6.18 Å². The summed E-state index contributed by atoms with van der Waals surface area (Å²) in [6.07, 6.45) is -3.16. The second kappa shape index (κ2) is 6.60. The van der Waals surface area contributed by atoms with E-state index in [9.17, 15) is 22.8 Å². The van der Waals surface area contributed by atoms with Gasteiger partial charge in [-0.05, 0) is 18.2 Å². The fourth-order valence-electron chi connectivity index (χ4n) is 1.89. The minimum absolute atomic E-state index is 0.0502. The first-order chi connectivity index (χ1) is 11.2. The van der Waals surface area contributed by atoms with Gasteiger partial charge in [0.1, 0.15) is 0 Å². The van der Waals surface area contributed by atoms with Gasteiger partial charge >= 0.3 is 18.2 Å². The predicted molar refractivity (Wildman–Crippen MR) is 78.6 cm³/mol. The van der Waals surface area contributed by atoms with Crippen LogP contribution in [0, 0.1) is 0 Å². The molecule has 0 saturated heterocycles. The minimum Gasteiger partial charge on any atom is -0.464 e. The van der Waals surface area contributed by atoms with Crippen LogP contribution in [0.15, 0.2) is 30.5 Å². The molecule has 0 spiro atoms. The summed E-state index contributed by atoms with van der Waals surface area (Å²) in [6, 6.07) is 3.33. The summed E-state index contributed by atoms with van der Waals surface area (Å²) in [4.78, 5) is 23.5. The van der Waals surface area contributed by atoms with Crippen LogP contribution in [0.5, 0.6) is 0 Å². The Morgan fingerprint density at radius 1 is 1.25 bits per heavy atom. The third-order valence-electron chi connectivity index (χ3n) is 2.90. The SMILES string of the molecule is COC(=O)c1nn(C)cc1NC(=O)Nc1cccc(C(F)(F)F)c1. The molecule has 0 bridgehead atoms. The molecule has 24 heavy (non-hydrogen) atoms. The van der Waals surface area contributed by atoms with Gasteiger partial charge in [0.05, 0.1) is 18.4 Å². The van der Waals surface area contributed by atoms with E-state index in [1.807, 2.05) is 0 Å². The van der Waals surface area contributed by atoms with Gasteiger partial charge in [0.2, 0.25) is 0 Å². The molecule has 128 valence electrons. The van der Waals surface area contributed by atoms with E-state index in [-0.39, 0.29) is 17.1 Å². The molecule has 0 atom stereocenters. The van der Waals surface area contributed by atoms with E-state index in [1.165, 1.54) is 30.1 Å². The number of carbonyl (C=O) groups excluding carboxylic acids is 2. The molecule has 1 aromatic heterocycles. The second-order valence-corrected chi connectivity index (χ2v) is 4.71. The van der Waals surface area contributed by atoms with Crippen molar-refractivity contribution in [1.29, 1.82) is 0 Å². The zero-order valence-corrected chi connectivity index (χ0v) is 12.6. The summed E-state index contributed by atoms with van der Waals surface area (Å²) in [5.74, 6) is -0.759. The highest BCUT2D eigenvalue weighted by atomic mass is 19.4. The van der Waals surface area contributed by atoms with Crippen LogP contribution in [0.3, 0.4) is 0 Å². The first-order valence-corrected chi connectivity index (χ1v) is 6.58. The number of esters is 1. The summed E-state index contributed by atoms with van der Waals surface area (Å²) >= 11 is 0. The molecule has 2 N–H and O–H groups in total. The van der Waals surface area contributed by atoms with Crippen LogP contribution in [0.25, 0.3) is 0 Å². The third-order valence-corrected chi connectivity index (χ3v) is 2.90. The molecule has 0 radical (unpaired) electrons. The number of rotatable bonds is 3. The number of carbonyl (C=O) groups is 2. The van der Waals surface area contributed by atoms with Crippen LogP contribution < -0.4 is 10.6 Å². The number of nitrogens with zero attached hydrogens (tertiary/aromatic N) is 2. The summed E-state index contributed by atoms with van der Waals surface area (Å²) in [5.41, 5.74) is -1.00. The minimum atomic E-state index is -4.52. The molecular formula is C14H13F3N4O3.